The van der Waals surface area contributed by atoms with E-state index in [1.165, 1.54) is 0 Å². The summed E-state index contributed by atoms with van der Waals surface area (Å²) in [4.78, 5) is 30.5. The van der Waals surface area contributed by atoms with E-state index in [0.717, 1.165) is 13.1 Å². The smallest absolute Gasteiger partial charge is 0.254 e. The Bertz CT molecular complexity index is 549. The Morgan fingerprint density at radius 1 is 1.09 bits per heavy atom. The number of carbonyl (C=O) groups excluding carboxylic acids is 2. The highest BCUT2D eigenvalue weighted by molar-refractivity contribution is 5.95. The van der Waals surface area contributed by atoms with Crippen LogP contribution in [-0.2, 0) is 4.79 Å². The molecule has 0 aromatic heterocycles. The van der Waals surface area contributed by atoms with Crippen molar-refractivity contribution in [2.45, 2.75) is 13.8 Å². The Balaban J connectivity index is 1.88. The lowest BCUT2D eigenvalue weighted by molar-refractivity contribution is -0.133. The Labute approximate surface area is 137 Å². The molecular formula is C17H26N4O2. The normalized spacial score (nSPS) is 15.1. The summed E-state index contributed by atoms with van der Waals surface area (Å²) in [6, 6.07) is 7.02. The van der Waals surface area contributed by atoms with Gasteiger partial charge < -0.3 is 15.5 Å². The quantitative estimate of drug-likeness (QED) is 0.819. The van der Waals surface area contributed by atoms with Crippen LogP contribution in [0.15, 0.2) is 24.3 Å². The molecule has 1 aromatic carbocycles. The van der Waals surface area contributed by atoms with Gasteiger partial charge in [0.2, 0.25) is 5.91 Å². The zero-order chi connectivity index (χ0) is 16.8. The van der Waals surface area contributed by atoms with Gasteiger partial charge >= 0.3 is 0 Å². The van der Waals surface area contributed by atoms with Crippen LogP contribution < -0.4 is 5.73 Å². The number of piperazine rings is 1. The molecule has 126 valence electrons. The van der Waals surface area contributed by atoms with Crippen LogP contribution in [0.2, 0.25) is 0 Å². The average molecular weight is 318 g/mol. The van der Waals surface area contributed by atoms with Crippen LogP contribution in [0.5, 0.6) is 0 Å². The molecule has 0 saturated carbocycles. The van der Waals surface area contributed by atoms with Crippen LogP contribution in [0, 0.1) is 0 Å². The third-order valence-electron chi connectivity index (χ3n) is 4.31. The molecule has 2 amide bonds. The largest absolute Gasteiger partial charge is 0.399 e. The fourth-order valence-electron chi connectivity index (χ4n) is 2.75. The molecule has 0 bridgehead atoms. The number of hydrogen-bond donors (Lipinski definition) is 1. The van der Waals surface area contributed by atoms with E-state index in [4.69, 9.17) is 5.73 Å². The van der Waals surface area contributed by atoms with Gasteiger partial charge in [0.1, 0.15) is 0 Å². The molecule has 1 aliphatic rings. The molecule has 1 aromatic rings. The summed E-state index contributed by atoms with van der Waals surface area (Å²) < 4.78 is 0. The first-order chi connectivity index (χ1) is 11.0. The molecule has 6 heteroatoms. The number of benzene rings is 1. The molecule has 23 heavy (non-hydrogen) atoms. The Morgan fingerprint density at radius 2 is 1.70 bits per heavy atom. The van der Waals surface area contributed by atoms with Crippen molar-refractivity contribution in [1.29, 1.82) is 0 Å². The van der Waals surface area contributed by atoms with Crippen molar-refractivity contribution >= 4 is 17.5 Å². The topological polar surface area (TPSA) is 69.9 Å². The van der Waals surface area contributed by atoms with E-state index < -0.39 is 0 Å². The highest BCUT2D eigenvalue weighted by Gasteiger charge is 2.25. The summed E-state index contributed by atoms with van der Waals surface area (Å²) in [7, 11) is 0. The van der Waals surface area contributed by atoms with Gasteiger partial charge in [-0.1, -0.05) is 19.9 Å². The molecule has 0 radical (unpaired) electrons. The number of likely N-dealkylation sites (N-methyl/N-ethyl adjacent to an activating group) is 1. The summed E-state index contributed by atoms with van der Waals surface area (Å²) in [5.41, 5.74) is 6.92. The minimum absolute atomic E-state index is 0.0202. The predicted molar refractivity (Wildman–Crippen MR) is 91.1 cm³/mol. The minimum atomic E-state index is -0.0202. The van der Waals surface area contributed by atoms with Crippen molar-refractivity contribution in [2.24, 2.45) is 0 Å². The Morgan fingerprint density at radius 3 is 2.26 bits per heavy atom. The first-order valence-corrected chi connectivity index (χ1v) is 8.20. The molecule has 1 fully saturated rings. The van der Waals surface area contributed by atoms with E-state index in [9.17, 15) is 9.59 Å². The van der Waals surface area contributed by atoms with Crippen LogP contribution in [0.4, 0.5) is 5.69 Å². The van der Waals surface area contributed by atoms with E-state index in [1.54, 1.807) is 29.2 Å². The van der Waals surface area contributed by atoms with Crippen molar-refractivity contribution in [2.75, 3.05) is 51.5 Å². The Kier molecular flexibility index (Phi) is 5.98. The number of hydrogen-bond acceptors (Lipinski definition) is 4. The molecule has 2 N–H and O–H groups in total. The summed E-state index contributed by atoms with van der Waals surface area (Å²) in [6.07, 6.45) is 0. The maximum Gasteiger partial charge on any atom is 0.254 e. The van der Waals surface area contributed by atoms with Gasteiger partial charge in [-0.25, -0.2) is 0 Å². The van der Waals surface area contributed by atoms with Gasteiger partial charge in [0.05, 0.1) is 6.54 Å². The van der Waals surface area contributed by atoms with Crippen molar-refractivity contribution < 1.29 is 9.59 Å². The molecule has 1 saturated heterocycles. The molecule has 0 aliphatic carbocycles. The van der Waals surface area contributed by atoms with E-state index >= 15 is 0 Å². The zero-order valence-corrected chi connectivity index (χ0v) is 14.0. The lowest BCUT2D eigenvalue weighted by Crippen LogP contribution is -2.52. The summed E-state index contributed by atoms with van der Waals surface area (Å²) in [6.45, 7) is 8.62. The third kappa shape index (κ3) is 4.45. The fourth-order valence-corrected chi connectivity index (χ4v) is 2.75. The number of rotatable bonds is 5. The third-order valence-corrected chi connectivity index (χ3v) is 4.31. The zero-order valence-electron chi connectivity index (χ0n) is 14.0. The van der Waals surface area contributed by atoms with Gasteiger partial charge in [0.15, 0.2) is 0 Å². The number of nitrogens with zero attached hydrogens (tertiary/aromatic N) is 3. The van der Waals surface area contributed by atoms with Gasteiger partial charge in [-0.15, -0.1) is 0 Å². The van der Waals surface area contributed by atoms with E-state index in [2.05, 4.69) is 18.7 Å². The molecule has 1 aliphatic heterocycles. The lowest BCUT2D eigenvalue weighted by atomic mass is 10.1. The van der Waals surface area contributed by atoms with Crippen molar-refractivity contribution in [3.63, 3.8) is 0 Å². The van der Waals surface area contributed by atoms with Crippen LogP contribution in [0.1, 0.15) is 24.2 Å². The summed E-state index contributed by atoms with van der Waals surface area (Å²) in [5.74, 6) is 0.123. The van der Waals surface area contributed by atoms with Gasteiger partial charge in [0, 0.05) is 37.4 Å². The van der Waals surface area contributed by atoms with Crippen molar-refractivity contribution in [1.82, 2.24) is 14.7 Å². The van der Waals surface area contributed by atoms with Crippen LogP contribution in [0.3, 0.4) is 0 Å². The highest BCUT2D eigenvalue weighted by Crippen LogP contribution is 2.12. The molecule has 6 nitrogen and oxygen atoms in total. The first-order valence-electron chi connectivity index (χ1n) is 8.20. The lowest BCUT2D eigenvalue weighted by Gasteiger charge is -2.35. The second kappa shape index (κ2) is 7.97. The molecule has 0 unspecified atom stereocenters. The predicted octanol–water partition coefficient (Wildman–Crippen LogP) is 0.895. The molecule has 2 rings (SSSR count). The number of nitrogens with two attached hydrogens (primary N) is 1. The maximum absolute atomic E-state index is 12.5. The SMILES string of the molecule is CCN(CC)CC(=O)N1CCN(C(=O)c2cccc(N)c2)CC1. The van der Waals surface area contributed by atoms with Crippen LogP contribution in [-0.4, -0.2) is 72.3 Å². The minimum Gasteiger partial charge on any atom is -0.399 e. The van der Waals surface area contributed by atoms with Gasteiger partial charge in [-0.05, 0) is 31.3 Å². The second-order valence-electron chi connectivity index (χ2n) is 5.76. The summed E-state index contributed by atoms with van der Waals surface area (Å²) in [5, 5.41) is 0. The number of anilines is 1. The first kappa shape index (κ1) is 17.3. The summed E-state index contributed by atoms with van der Waals surface area (Å²) >= 11 is 0. The standard InChI is InChI=1S/C17H26N4O2/c1-3-19(4-2)13-16(22)20-8-10-21(11-9-20)17(23)14-6-5-7-15(18)12-14/h5-7,12H,3-4,8-11,13,18H2,1-2H3. The van der Waals surface area contributed by atoms with Gasteiger partial charge in [-0.2, -0.15) is 0 Å². The highest BCUT2D eigenvalue weighted by atomic mass is 16.2. The van der Waals surface area contributed by atoms with Crippen LogP contribution >= 0.6 is 0 Å². The molecule has 0 atom stereocenters. The van der Waals surface area contributed by atoms with E-state index in [-0.39, 0.29) is 11.8 Å². The Hall–Kier alpha value is -2.08. The molecule has 0 spiro atoms. The monoisotopic (exact) mass is 318 g/mol. The van der Waals surface area contributed by atoms with Crippen LogP contribution in [0.25, 0.3) is 0 Å². The number of nitrogen functional groups attached to an aromatic ring is 1. The number of amides is 2. The maximum atomic E-state index is 12.5. The van der Waals surface area contributed by atoms with E-state index in [1.807, 2.05) is 4.90 Å². The second-order valence-corrected chi connectivity index (χ2v) is 5.76. The number of carbonyl (C=O) groups is 2. The molecular weight excluding hydrogens is 292 g/mol. The van der Waals surface area contributed by atoms with Crippen molar-refractivity contribution in [3.05, 3.63) is 29.8 Å². The van der Waals surface area contributed by atoms with Gasteiger partial charge in [0.25, 0.3) is 5.91 Å². The fraction of sp³-hybridized carbons (Fsp3) is 0.529. The average Bonchev–Trinajstić information content (AvgIpc) is 2.59. The van der Waals surface area contributed by atoms with Crippen molar-refractivity contribution in [3.8, 4) is 0 Å². The molecule has 1 heterocycles. The van der Waals surface area contributed by atoms with E-state index in [0.29, 0.717) is 44.0 Å². The van der Waals surface area contributed by atoms with Gasteiger partial charge in [-0.3, -0.25) is 14.5 Å².